The van der Waals surface area contributed by atoms with Crippen LogP contribution in [0.1, 0.15) is 39.5 Å². The van der Waals surface area contributed by atoms with Crippen LogP contribution in [-0.4, -0.2) is 56.2 Å². The number of ether oxygens (including phenoxy) is 2. The molecule has 0 aromatic heterocycles. The van der Waals surface area contributed by atoms with Gasteiger partial charge in [0.1, 0.15) is 17.8 Å². The van der Waals surface area contributed by atoms with Crippen LogP contribution in [0, 0.1) is 35.2 Å². The number of nitrogens with zero attached hydrogens (tertiary/aromatic N) is 2. The largest absolute Gasteiger partial charge is 0.493 e. The SMILES string of the molecule is C\C=C/C=C(\C=C/CF)OCC1CCN(C(=O)C#CC2(C)C#[N+]C3=C(CC(C(=O)OC)C(=O)N3)C2)CC1. The number of hydrogen-bond donors (Lipinski definition) is 1. The number of piperidine rings is 1. The Bertz CT molecular complexity index is 1160. The third-order valence-electron chi connectivity index (χ3n) is 6.47. The molecule has 1 saturated heterocycles. The fourth-order valence-corrected chi connectivity index (χ4v) is 4.33. The molecule has 2 unspecified atom stereocenters. The Kier molecular flexibility index (Phi) is 9.68. The summed E-state index contributed by atoms with van der Waals surface area (Å²) in [7, 11) is 1.25. The molecule has 1 fully saturated rings. The zero-order valence-electron chi connectivity index (χ0n) is 21.5. The molecule has 8 nitrogen and oxygen atoms in total. The first kappa shape index (κ1) is 27.7. The van der Waals surface area contributed by atoms with Gasteiger partial charge in [0.15, 0.2) is 12.0 Å². The summed E-state index contributed by atoms with van der Waals surface area (Å²) in [5.74, 6) is 4.81. The van der Waals surface area contributed by atoms with E-state index in [9.17, 15) is 18.8 Å². The second-order valence-electron chi connectivity index (χ2n) is 9.40. The van der Waals surface area contributed by atoms with Gasteiger partial charge < -0.3 is 14.4 Å². The highest BCUT2D eigenvalue weighted by molar-refractivity contribution is 6.00. The van der Waals surface area contributed by atoms with Crippen molar-refractivity contribution in [2.45, 2.75) is 39.5 Å². The van der Waals surface area contributed by atoms with Crippen LogP contribution in [0.4, 0.5) is 4.39 Å². The second-order valence-corrected chi connectivity index (χ2v) is 9.40. The predicted molar refractivity (Wildman–Crippen MR) is 136 cm³/mol. The molecular weight excluding hydrogens is 477 g/mol. The van der Waals surface area contributed by atoms with E-state index in [1.165, 1.54) is 13.2 Å². The second kappa shape index (κ2) is 12.9. The molecule has 0 saturated carbocycles. The van der Waals surface area contributed by atoms with Gasteiger partial charge >= 0.3 is 17.7 Å². The summed E-state index contributed by atoms with van der Waals surface area (Å²) in [4.78, 5) is 42.8. The highest BCUT2D eigenvalue weighted by Crippen LogP contribution is 2.36. The van der Waals surface area contributed by atoms with Gasteiger partial charge in [0, 0.05) is 31.5 Å². The summed E-state index contributed by atoms with van der Waals surface area (Å²) in [6.07, 6.45) is 10.7. The van der Waals surface area contributed by atoms with E-state index < -0.39 is 29.9 Å². The molecule has 196 valence electrons. The molecule has 2 amide bonds. The Morgan fingerprint density at radius 2 is 2.11 bits per heavy atom. The number of esters is 1. The molecular formula is C28H33FN3O5+. The zero-order chi connectivity index (χ0) is 26.8. The number of amides is 2. The average molecular weight is 511 g/mol. The summed E-state index contributed by atoms with van der Waals surface area (Å²) in [6.45, 7) is 4.82. The van der Waals surface area contributed by atoms with Crippen LogP contribution in [0.3, 0.4) is 0 Å². The summed E-state index contributed by atoms with van der Waals surface area (Å²) in [5, 5.41) is 2.63. The van der Waals surface area contributed by atoms with E-state index in [0.717, 1.165) is 18.4 Å². The van der Waals surface area contributed by atoms with Crippen molar-refractivity contribution in [1.82, 2.24) is 10.2 Å². The molecule has 0 radical (unpaired) electrons. The normalized spacial score (nSPS) is 24.1. The minimum Gasteiger partial charge on any atom is -0.493 e. The van der Waals surface area contributed by atoms with Crippen LogP contribution in [0.5, 0.6) is 0 Å². The fraction of sp³-hybridized carbons (Fsp3) is 0.500. The molecule has 1 N–H and O–H groups in total. The number of rotatable bonds is 7. The van der Waals surface area contributed by atoms with Crippen LogP contribution in [0.2, 0.25) is 0 Å². The molecule has 3 heterocycles. The lowest BCUT2D eigenvalue weighted by molar-refractivity contribution is -0.150. The van der Waals surface area contributed by atoms with Gasteiger partial charge in [0.25, 0.3) is 5.91 Å². The number of hydrogen-bond acceptors (Lipinski definition) is 5. The van der Waals surface area contributed by atoms with Gasteiger partial charge in [-0.1, -0.05) is 24.1 Å². The van der Waals surface area contributed by atoms with Gasteiger partial charge in [0.05, 0.1) is 13.7 Å². The first-order chi connectivity index (χ1) is 17.8. The molecule has 0 bridgehead atoms. The van der Waals surface area contributed by atoms with Crippen LogP contribution >= 0.6 is 0 Å². The minimum absolute atomic E-state index is 0.203. The van der Waals surface area contributed by atoms with Crippen molar-refractivity contribution in [1.29, 1.82) is 0 Å². The number of carbonyl (C=O) groups is 3. The van der Waals surface area contributed by atoms with E-state index in [1.54, 1.807) is 17.1 Å². The van der Waals surface area contributed by atoms with E-state index in [4.69, 9.17) is 9.47 Å². The summed E-state index contributed by atoms with van der Waals surface area (Å²) in [5.41, 5.74) is -0.0327. The molecule has 0 aromatic carbocycles. The molecule has 37 heavy (non-hydrogen) atoms. The third-order valence-corrected chi connectivity index (χ3v) is 6.47. The Morgan fingerprint density at radius 1 is 1.35 bits per heavy atom. The van der Waals surface area contributed by atoms with Crippen molar-refractivity contribution in [2.75, 3.05) is 33.5 Å². The molecule has 0 aromatic rings. The number of likely N-dealkylation sites (tertiary alicyclic amines) is 1. The molecule has 0 aliphatic carbocycles. The number of methoxy groups -OCH3 is 1. The van der Waals surface area contributed by atoms with Gasteiger partial charge in [-0.05, 0) is 50.7 Å². The molecule has 3 aliphatic heterocycles. The lowest BCUT2D eigenvalue weighted by Crippen LogP contribution is -2.41. The van der Waals surface area contributed by atoms with E-state index in [0.29, 0.717) is 37.7 Å². The maximum Gasteiger partial charge on any atom is 0.385 e. The number of halogens is 1. The van der Waals surface area contributed by atoms with E-state index in [-0.39, 0.29) is 18.2 Å². The van der Waals surface area contributed by atoms with Crippen molar-refractivity contribution in [2.24, 2.45) is 17.3 Å². The molecule has 3 rings (SSSR count). The van der Waals surface area contributed by atoms with Gasteiger partial charge in [-0.15, -0.1) is 0 Å². The Morgan fingerprint density at radius 3 is 2.78 bits per heavy atom. The summed E-state index contributed by atoms with van der Waals surface area (Å²) in [6, 6.07) is 2.93. The van der Waals surface area contributed by atoms with Crippen molar-refractivity contribution in [3.05, 3.63) is 52.4 Å². The quantitative estimate of drug-likeness (QED) is 0.186. The topological polar surface area (TPSA) is 89.3 Å². The summed E-state index contributed by atoms with van der Waals surface area (Å²) < 4.78 is 23.0. The lowest BCUT2D eigenvalue weighted by atomic mass is 9.80. The van der Waals surface area contributed by atoms with Crippen LogP contribution in [0.15, 0.2) is 47.5 Å². The van der Waals surface area contributed by atoms with Gasteiger partial charge in [0.2, 0.25) is 0 Å². The van der Waals surface area contributed by atoms with Gasteiger partial charge in [-0.2, -0.15) is 10.2 Å². The van der Waals surface area contributed by atoms with Gasteiger partial charge in [-0.3, -0.25) is 9.59 Å². The minimum atomic E-state index is -0.921. The number of carbonyl (C=O) groups excluding carboxylic acids is 3. The molecule has 2 atom stereocenters. The monoisotopic (exact) mass is 510 g/mol. The summed E-state index contributed by atoms with van der Waals surface area (Å²) >= 11 is 0. The Labute approximate surface area is 217 Å². The standard InChI is InChI=1S/C28H32FN3O5/c1-4-5-7-22(8-6-13-29)37-18-20-10-14-32(15-11-20)24(33)9-12-28(2)17-21-16-23(27(35)36-3)26(34)31-25(21)30-19-28/h4-8,20,23H,10-11,13-18H2,1-3H3/p+1/b5-4-,8-6-,22-7+. The Balaban J connectivity index is 1.53. The maximum atomic E-state index is 12.8. The van der Waals surface area contributed by atoms with Crippen molar-refractivity contribution in [3.63, 3.8) is 0 Å². The lowest BCUT2D eigenvalue weighted by Gasteiger charge is -2.30. The van der Waals surface area contributed by atoms with Crippen LogP contribution in [-0.2, 0) is 23.9 Å². The van der Waals surface area contributed by atoms with Crippen LogP contribution in [0.25, 0.3) is 4.85 Å². The van der Waals surface area contributed by atoms with Crippen molar-refractivity contribution < 1.29 is 28.2 Å². The first-order valence-electron chi connectivity index (χ1n) is 12.4. The number of alkyl halides is 1. The predicted octanol–water partition coefficient (Wildman–Crippen LogP) is 3.49. The van der Waals surface area contributed by atoms with E-state index in [1.807, 2.05) is 26.0 Å². The van der Waals surface area contributed by atoms with E-state index in [2.05, 4.69) is 28.1 Å². The zero-order valence-corrected chi connectivity index (χ0v) is 21.5. The molecule has 9 heteroatoms. The van der Waals surface area contributed by atoms with Crippen LogP contribution < -0.4 is 5.32 Å². The van der Waals surface area contributed by atoms with Crippen molar-refractivity contribution in [3.8, 4) is 17.9 Å². The first-order valence-corrected chi connectivity index (χ1v) is 12.4. The molecule has 0 spiro atoms. The fourth-order valence-electron chi connectivity index (χ4n) is 4.33. The molecule has 3 aliphatic rings. The third kappa shape index (κ3) is 7.57. The number of nitrogens with one attached hydrogen (secondary N) is 1. The van der Waals surface area contributed by atoms with E-state index >= 15 is 0 Å². The van der Waals surface area contributed by atoms with Gasteiger partial charge in [-0.25, -0.2) is 9.18 Å². The Hall–Kier alpha value is -3.85. The average Bonchev–Trinajstić information content (AvgIpc) is 2.91. The highest BCUT2D eigenvalue weighted by Gasteiger charge is 2.44. The highest BCUT2D eigenvalue weighted by atomic mass is 19.1. The smallest absolute Gasteiger partial charge is 0.385 e. The van der Waals surface area contributed by atoms with Crippen molar-refractivity contribution >= 4 is 17.8 Å². The maximum absolute atomic E-state index is 12.8. The number of allylic oxidation sites excluding steroid dienone is 6.